The van der Waals surface area contributed by atoms with Crippen LogP contribution in [0.15, 0.2) is 35.3 Å². The number of carbonyl (C=O) groups is 1. The van der Waals surface area contributed by atoms with Crippen LogP contribution in [0.3, 0.4) is 0 Å². The van der Waals surface area contributed by atoms with Gasteiger partial charge in [-0.3, -0.25) is 14.5 Å². The highest BCUT2D eigenvalue weighted by Crippen LogP contribution is 2.21. The van der Waals surface area contributed by atoms with Crippen LogP contribution < -0.4 is 10.9 Å². The Kier molecular flexibility index (Phi) is 5.09. The Bertz CT molecular complexity index is 1070. The van der Waals surface area contributed by atoms with Gasteiger partial charge < -0.3 is 15.2 Å². The highest BCUT2D eigenvalue weighted by molar-refractivity contribution is 6.00. The molecule has 2 fully saturated rings. The number of aromatic nitrogens is 3. The summed E-state index contributed by atoms with van der Waals surface area (Å²) in [6.45, 7) is 5.54. The van der Waals surface area contributed by atoms with E-state index in [9.17, 15) is 9.59 Å². The molecule has 1 unspecified atom stereocenters. The average molecular weight is 403 g/mol. The van der Waals surface area contributed by atoms with Crippen LogP contribution in [0.25, 0.3) is 16.6 Å². The Morgan fingerprint density at radius 2 is 1.93 bits per heavy atom. The number of H-pyrrole nitrogens is 1. The molecule has 4 heterocycles. The van der Waals surface area contributed by atoms with Gasteiger partial charge in [0, 0.05) is 45.3 Å². The summed E-state index contributed by atoms with van der Waals surface area (Å²) in [5, 5.41) is 8.30. The molecule has 5 rings (SSSR count). The fourth-order valence-electron chi connectivity index (χ4n) is 4.28. The van der Waals surface area contributed by atoms with Gasteiger partial charge >= 0.3 is 0 Å². The van der Waals surface area contributed by atoms with Crippen molar-refractivity contribution in [1.82, 2.24) is 29.7 Å². The molecule has 0 aliphatic carbocycles. The second-order valence-electron chi connectivity index (χ2n) is 7.27. The number of carbonyl (C=O) groups excluding carboxylic acids is 1. The van der Waals surface area contributed by atoms with E-state index in [0.29, 0.717) is 28.2 Å². The summed E-state index contributed by atoms with van der Waals surface area (Å²) in [5.41, 5.74) is 1.43. The number of piperazine rings is 1. The molecule has 148 valence electrons. The number of halogens is 1. The summed E-state index contributed by atoms with van der Waals surface area (Å²) in [5.74, 6) is -0.0615. The monoisotopic (exact) mass is 402 g/mol. The van der Waals surface area contributed by atoms with Crippen molar-refractivity contribution in [2.45, 2.75) is 12.5 Å². The van der Waals surface area contributed by atoms with E-state index in [2.05, 4.69) is 20.3 Å². The van der Waals surface area contributed by atoms with Crippen LogP contribution >= 0.6 is 12.4 Å². The maximum absolute atomic E-state index is 13.1. The molecule has 28 heavy (non-hydrogen) atoms. The molecule has 2 aliphatic rings. The summed E-state index contributed by atoms with van der Waals surface area (Å²) < 4.78 is 1.65. The van der Waals surface area contributed by atoms with Crippen LogP contribution in [0.5, 0.6) is 0 Å². The number of likely N-dealkylation sites (tertiary alicyclic amines) is 1. The number of aromatic amines is 1. The maximum Gasteiger partial charge on any atom is 0.259 e. The molecule has 9 heteroatoms. The van der Waals surface area contributed by atoms with Crippen LogP contribution in [0, 0.1) is 0 Å². The van der Waals surface area contributed by atoms with Crippen molar-refractivity contribution in [3.63, 3.8) is 0 Å². The first-order valence-corrected chi connectivity index (χ1v) is 9.45. The molecule has 2 N–H and O–H groups in total. The van der Waals surface area contributed by atoms with Crippen molar-refractivity contribution in [3.8, 4) is 0 Å². The number of para-hydroxylation sites is 1. The molecular weight excluding hydrogens is 380 g/mol. The second kappa shape index (κ2) is 7.54. The van der Waals surface area contributed by atoms with Gasteiger partial charge in [0.1, 0.15) is 11.2 Å². The van der Waals surface area contributed by atoms with Gasteiger partial charge in [0.2, 0.25) is 0 Å². The van der Waals surface area contributed by atoms with E-state index in [1.807, 2.05) is 23.1 Å². The first-order valence-electron chi connectivity index (χ1n) is 9.45. The first-order chi connectivity index (χ1) is 13.2. The van der Waals surface area contributed by atoms with Crippen molar-refractivity contribution >= 4 is 34.9 Å². The number of hydrogen-bond donors (Lipinski definition) is 2. The van der Waals surface area contributed by atoms with Crippen LogP contribution in [-0.2, 0) is 0 Å². The van der Waals surface area contributed by atoms with E-state index in [0.717, 1.165) is 45.7 Å². The fourth-order valence-corrected chi connectivity index (χ4v) is 4.28. The third-order valence-corrected chi connectivity index (χ3v) is 5.73. The average Bonchev–Trinajstić information content (AvgIpc) is 3.36. The smallest absolute Gasteiger partial charge is 0.259 e. The van der Waals surface area contributed by atoms with E-state index in [-0.39, 0.29) is 23.9 Å². The normalized spacial score (nSPS) is 20.6. The van der Waals surface area contributed by atoms with E-state index in [4.69, 9.17) is 0 Å². The predicted octanol–water partition coefficient (Wildman–Crippen LogP) is 0.717. The van der Waals surface area contributed by atoms with E-state index in [1.165, 1.54) is 0 Å². The summed E-state index contributed by atoms with van der Waals surface area (Å²) >= 11 is 0. The van der Waals surface area contributed by atoms with E-state index >= 15 is 0 Å². The van der Waals surface area contributed by atoms with Crippen molar-refractivity contribution in [3.05, 3.63) is 46.4 Å². The summed E-state index contributed by atoms with van der Waals surface area (Å²) in [7, 11) is 0. The summed E-state index contributed by atoms with van der Waals surface area (Å²) in [6, 6.07) is 7.70. The van der Waals surface area contributed by atoms with Crippen molar-refractivity contribution in [2.75, 3.05) is 39.3 Å². The lowest BCUT2D eigenvalue weighted by Gasteiger charge is -2.32. The Morgan fingerprint density at radius 1 is 1.14 bits per heavy atom. The lowest BCUT2D eigenvalue weighted by Crippen LogP contribution is -2.49. The lowest BCUT2D eigenvalue weighted by atomic mass is 10.2. The third kappa shape index (κ3) is 3.07. The van der Waals surface area contributed by atoms with E-state index in [1.54, 1.807) is 16.8 Å². The minimum atomic E-state index is -0.201. The molecular formula is C19H23ClN6O2. The standard InChI is InChI=1S/C19H22N6O2.ClH/c26-18-14-3-1-2-4-16(14)25-17(22-18)15(11-21-25)19(27)24-8-5-13(12-24)23-9-6-20-7-10-23;/h1-4,11,13,20H,5-10,12H2,(H,22,26);1H. The van der Waals surface area contributed by atoms with Gasteiger partial charge in [0.05, 0.1) is 17.1 Å². The largest absolute Gasteiger partial charge is 0.337 e. The van der Waals surface area contributed by atoms with Crippen molar-refractivity contribution in [2.24, 2.45) is 0 Å². The highest BCUT2D eigenvalue weighted by atomic mass is 35.5. The van der Waals surface area contributed by atoms with Crippen LogP contribution in [0.2, 0.25) is 0 Å². The quantitative estimate of drug-likeness (QED) is 0.659. The Hall–Kier alpha value is -2.42. The van der Waals surface area contributed by atoms with Crippen molar-refractivity contribution < 1.29 is 4.79 Å². The molecule has 2 aliphatic heterocycles. The number of nitrogens with one attached hydrogen (secondary N) is 2. The SMILES string of the molecule is Cl.O=C(c1cnn2c1[nH]c(=O)c1ccccc12)N1CCC(N2CCNCC2)C1. The minimum absolute atomic E-state index is 0. The zero-order chi connectivity index (χ0) is 18.4. The Balaban J connectivity index is 0.00000192. The number of hydrogen-bond acceptors (Lipinski definition) is 5. The number of rotatable bonds is 2. The topological polar surface area (TPSA) is 85.7 Å². The van der Waals surface area contributed by atoms with Gasteiger partial charge in [0.25, 0.3) is 11.5 Å². The molecule has 1 amide bonds. The van der Waals surface area contributed by atoms with E-state index < -0.39 is 0 Å². The predicted molar refractivity (Wildman–Crippen MR) is 109 cm³/mol. The van der Waals surface area contributed by atoms with Gasteiger partial charge in [-0.2, -0.15) is 5.10 Å². The minimum Gasteiger partial charge on any atom is -0.337 e. The van der Waals surface area contributed by atoms with Gasteiger partial charge in [-0.25, -0.2) is 4.52 Å². The van der Waals surface area contributed by atoms with Gasteiger partial charge in [-0.15, -0.1) is 12.4 Å². The second-order valence-corrected chi connectivity index (χ2v) is 7.27. The number of benzene rings is 1. The van der Waals surface area contributed by atoms with Gasteiger partial charge in [-0.05, 0) is 18.6 Å². The molecule has 0 spiro atoms. The van der Waals surface area contributed by atoms with Crippen LogP contribution in [0.4, 0.5) is 0 Å². The lowest BCUT2D eigenvalue weighted by molar-refractivity contribution is 0.0775. The molecule has 3 aromatic rings. The van der Waals surface area contributed by atoms with Crippen LogP contribution in [0.1, 0.15) is 16.8 Å². The molecule has 0 radical (unpaired) electrons. The van der Waals surface area contributed by atoms with Gasteiger partial charge in [0.15, 0.2) is 0 Å². The van der Waals surface area contributed by atoms with Crippen LogP contribution in [-0.4, -0.2) is 75.6 Å². The first kappa shape index (κ1) is 18.9. The number of nitrogens with zero attached hydrogens (tertiary/aromatic N) is 4. The maximum atomic E-state index is 13.1. The summed E-state index contributed by atoms with van der Waals surface area (Å²) in [6.07, 6.45) is 2.56. The molecule has 0 bridgehead atoms. The Labute approximate surface area is 167 Å². The fraction of sp³-hybridized carbons (Fsp3) is 0.421. The zero-order valence-electron chi connectivity index (χ0n) is 15.4. The third-order valence-electron chi connectivity index (χ3n) is 5.73. The Morgan fingerprint density at radius 3 is 2.75 bits per heavy atom. The highest BCUT2D eigenvalue weighted by Gasteiger charge is 2.32. The molecule has 8 nitrogen and oxygen atoms in total. The molecule has 1 atom stereocenters. The van der Waals surface area contributed by atoms with Gasteiger partial charge in [-0.1, -0.05) is 12.1 Å². The molecule has 2 saturated heterocycles. The zero-order valence-corrected chi connectivity index (χ0v) is 16.2. The molecule has 1 aromatic carbocycles. The van der Waals surface area contributed by atoms with Crippen molar-refractivity contribution in [1.29, 1.82) is 0 Å². The summed E-state index contributed by atoms with van der Waals surface area (Å²) in [4.78, 5) is 32.7. The number of amides is 1. The number of fused-ring (bicyclic) bond motifs is 3. The molecule has 2 aromatic heterocycles. The molecule has 0 saturated carbocycles.